The van der Waals surface area contributed by atoms with E-state index in [4.69, 9.17) is 16.3 Å². The van der Waals surface area contributed by atoms with E-state index in [-0.39, 0.29) is 21.4 Å². The van der Waals surface area contributed by atoms with Gasteiger partial charge in [-0.1, -0.05) is 41.9 Å². The van der Waals surface area contributed by atoms with Crippen molar-refractivity contribution < 1.29 is 22.8 Å². The maximum Gasteiger partial charge on any atom is 0.295 e. The van der Waals surface area contributed by atoms with Gasteiger partial charge in [0.15, 0.2) is 0 Å². The molecule has 1 heterocycles. The van der Waals surface area contributed by atoms with Crippen molar-refractivity contribution in [2.45, 2.75) is 4.90 Å². The van der Waals surface area contributed by atoms with Crippen LogP contribution in [0.3, 0.4) is 0 Å². The largest absolute Gasteiger partial charge is 0.507 e. The normalized spacial score (nSPS) is 11.8. The number of aromatic nitrogens is 2. The average molecular weight is 481 g/mol. The van der Waals surface area contributed by atoms with Crippen LogP contribution in [0.5, 0.6) is 11.5 Å². The summed E-state index contributed by atoms with van der Waals surface area (Å²) in [7, 11) is -2.99. The van der Waals surface area contributed by atoms with Crippen molar-refractivity contribution in [1.29, 1.82) is 0 Å². The van der Waals surface area contributed by atoms with Gasteiger partial charge in [-0.15, -0.1) is 0 Å². The highest BCUT2D eigenvalue weighted by Crippen LogP contribution is 2.39. The number of nitrogens with one attached hydrogen (secondary N) is 1. The minimum atomic E-state index is -4.54. The number of hydrogen-bond donors (Lipinski definition) is 3. The van der Waals surface area contributed by atoms with E-state index in [9.17, 15) is 18.1 Å². The molecule has 7 nitrogen and oxygen atoms in total. The first-order valence-corrected chi connectivity index (χ1v) is 11.6. The maximum atomic E-state index is 12.0. The van der Waals surface area contributed by atoms with Gasteiger partial charge in [0.1, 0.15) is 27.7 Å². The van der Waals surface area contributed by atoms with E-state index in [0.717, 1.165) is 11.1 Å². The zero-order valence-electron chi connectivity index (χ0n) is 17.2. The second-order valence-electron chi connectivity index (χ2n) is 7.45. The predicted molar refractivity (Wildman–Crippen MR) is 128 cm³/mol. The first-order valence-electron chi connectivity index (χ1n) is 9.82. The number of rotatable bonds is 4. The summed E-state index contributed by atoms with van der Waals surface area (Å²) in [5.41, 5.74) is 3.23. The number of phenols is 1. The number of halogens is 1. The molecule has 166 valence electrons. The van der Waals surface area contributed by atoms with Crippen molar-refractivity contribution >= 4 is 43.5 Å². The number of fused-ring (bicyclic) bond motifs is 3. The molecule has 4 aromatic carbocycles. The quantitative estimate of drug-likeness (QED) is 0.286. The van der Waals surface area contributed by atoms with Gasteiger partial charge in [-0.2, -0.15) is 8.42 Å². The lowest BCUT2D eigenvalue weighted by atomic mass is 10.0. The lowest BCUT2D eigenvalue weighted by Gasteiger charge is -2.09. The standard InChI is InChI=1S/C24H17ClN2O5S/c1-32-20-11-14(13-5-8-15(25)9-6-13)7-10-16(20)24-26-18-12-21(33(29,30)31)17-3-2-4-19(28)22(17)23(18)27-24/h2-12,28H,1H3,(H,26,27)(H,29,30,31). The minimum Gasteiger partial charge on any atom is -0.507 e. The summed E-state index contributed by atoms with van der Waals surface area (Å²) < 4.78 is 39.3. The number of phenolic OH excluding ortho intramolecular Hbond substituents is 1. The van der Waals surface area contributed by atoms with Gasteiger partial charge in [0.05, 0.1) is 23.6 Å². The van der Waals surface area contributed by atoms with Gasteiger partial charge in [-0.05, 0) is 47.5 Å². The Hall–Kier alpha value is -3.59. The van der Waals surface area contributed by atoms with Gasteiger partial charge in [0.25, 0.3) is 10.1 Å². The molecule has 0 spiro atoms. The van der Waals surface area contributed by atoms with E-state index in [0.29, 0.717) is 33.2 Å². The lowest BCUT2D eigenvalue weighted by molar-refractivity contribution is 0.416. The summed E-state index contributed by atoms with van der Waals surface area (Å²) in [6.45, 7) is 0. The molecule has 0 saturated carbocycles. The molecule has 0 unspecified atom stereocenters. The Balaban J connectivity index is 1.73. The van der Waals surface area contributed by atoms with Gasteiger partial charge in [0.2, 0.25) is 0 Å². The van der Waals surface area contributed by atoms with E-state index < -0.39 is 10.1 Å². The summed E-state index contributed by atoms with van der Waals surface area (Å²) in [6.07, 6.45) is 0. The predicted octanol–water partition coefficient (Wildman–Crippen LogP) is 5.66. The minimum absolute atomic E-state index is 0.147. The molecule has 0 amide bonds. The molecule has 0 fully saturated rings. The third-order valence-electron chi connectivity index (χ3n) is 5.46. The molecular formula is C24H17ClN2O5S. The van der Waals surface area contributed by atoms with Crippen LogP contribution in [-0.4, -0.2) is 35.2 Å². The molecule has 5 aromatic rings. The van der Waals surface area contributed by atoms with Crippen LogP contribution >= 0.6 is 11.6 Å². The molecule has 1 aromatic heterocycles. The highest BCUT2D eigenvalue weighted by atomic mass is 35.5. The van der Waals surface area contributed by atoms with Gasteiger partial charge >= 0.3 is 0 Å². The zero-order valence-corrected chi connectivity index (χ0v) is 18.8. The number of benzene rings is 4. The van der Waals surface area contributed by atoms with Crippen molar-refractivity contribution in [2.24, 2.45) is 0 Å². The molecular weight excluding hydrogens is 464 g/mol. The van der Waals surface area contributed by atoms with Crippen molar-refractivity contribution in [3.05, 3.63) is 71.8 Å². The molecule has 9 heteroatoms. The molecule has 33 heavy (non-hydrogen) atoms. The SMILES string of the molecule is COc1cc(-c2ccc(Cl)cc2)ccc1-c1nc2c(cc(S(=O)(=O)O)c3cccc(O)c32)[nH]1. The van der Waals surface area contributed by atoms with Gasteiger partial charge in [-0.3, -0.25) is 4.55 Å². The van der Waals surface area contributed by atoms with Crippen molar-refractivity contribution in [1.82, 2.24) is 9.97 Å². The smallest absolute Gasteiger partial charge is 0.295 e. The Kier molecular flexibility index (Phi) is 5.01. The van der Waals surface area contributed by atoms with Crippen LogP contribution in [0.2, 0.25) is 5.02 Å². The highest BCUT2D eigenvalue weighted by Gasteiger charge is 2.21. The second kappa shape index (κ2) is 7.77. The molecule has 0 atom stereocenters. The van der Waals surface area contributed by atoms with Crippen LogP contribution in [-0.2, 0) is 10.1 Å². The molecule has 0 bridgehead atoms. The van der Waals surface area contributed by atoms with Crippen LogP contribution in [0.1, 0.15) is 0 Å². The van der Waals surface area contributed by atoms with E-state index in [1.165, 1.54) is 24.3 Å². The molecule has 5 rings (SSSR count). The third kappa shape index (κ3) is 3.68. The second-order valence-corrected chi connectivity index (χ2v) is 9.28. The Morgan fingerprint density at radius 1 is 1.00 bits per heavy atom. The van der Waals surface area contributed by atoms with E-state index in [1.54, 1.807) is 19.2 Å². The first-order chi connectivity index (χ1) is 15.8. The molecule has 0 saturated heterocycles. The highest BCUT2D eigenvalue weighted by molar-refractivity contribution is 7.86. The number of ether oxygens (including phenoxy) is 1. The van der Waals surface area contributed by atoms with E-state index >= 15 is 0 Å². The first kappa shape index (κ1) is 21.3. The number of nitrogens with zero attached hydrogens (tertiary/aromatic N) is 1. The number of methoxy groups -OCH3 is 1. The van der Waals surface area contributed by atoms with Crippen LogP contribution < -0.4 is 4.74 Å². The fraction of sp³-hybridized carbons (Fsp3) is 0.0417. The summed E-state index contributed by atoms with van der Waals surface area (Å²) in [6, 6.07) is 18.8. The number of imidazole rings is 1. The topological polar surface area (TPSA) is 113 Å². The summed E-state index contributed by atoms with van der Waals surface area (Å²) >= 11 is 5.99. The maximum absolute atomic E-state index is 12.0. The third-order valence-corrected chi connectivity index (χ3v) is 6.61. The van der Waals surface area contributed by atoms with Gasteiger partial charge in [0, 0.05) is 10.4 Å². The van der Waals surface area contributed by atoms with Crippen LogP contribution in [0, 0.1) is 0 Å². The zero-order chi connectivity index (χ0) is 23.3. The van der Waals surface area contributed by atoms with Crippen LogP contribution in [0.4, 0.5) is 0 Å². The van der Waals surface area contributed by atoms with Crippen molar-refractivity contribution in [3.8, 4) is 34.0 Å². The van der Waals surface area contributed by atoms with Crippen LogP contribution in [0.15, 0.2) is 71.6 Å². The number of aromatic hydroxyl groups is 1. The fourth-order valence-electron chi connectivity index (χ4n) is 3.93. The van der Waals surface area contributed by atoms with Gasteiger partial charge in [-0.25, -0.2) is 4.98 Å². The molecule has 0 aliphatic rings. The molecule has 0 aliphatic heterocycles. The Labute approximate surface area is 194 Å². The summed E-state index contributed by atoms with van der Waals surface area (Å²) in [5, 5.41) is 11.5. The molecule has 0 radical (unpaired) electrons. The molecule has 3 N–H and O–H groups in total. The monoisotopic (exact) mass is 480 g/mol. The number of aromatic amines is 1. The average Bonchev–Trinajstić information content (AvgIpc) is 3.22. The van der Waals surface area contributed by atoms with Crippen molar-refractivity contribution in [2.75, 3.05) is 7.11 Å². The Bertz CT molecular complexity index is 1640. The number of H-pyrrole nitrogens is 1. The Morgan fingerprint density at radius 2 is 1.73 bits per heavy atom. The lowest BCUT2D eigenvalue weighted by Crippen LogP contribution is -1.99. The summed E-state index contributed by atoms with van der Waals surface area (Å²) in [4.78, 5) is 7.40. The van der Waals surface area contributed by atoms with Gasteiger partial charge < -0.3 is 14.8 Å². The Morgan fingerprint density at radius 3 is 2.42 bits per heavy atom. The fourth-order valence-corrected chi connectivity index (χ4v) is 4.78. The molecule has 0 aliphatic carbocycles. The van der Waals surface area contributed by atoms with E-state index in [1.807, 2.05) is 30.3 Å². The number of hydrogen-bond acceptors (Lipinski definition) is 5. The van der Waals surface area contributed by atoms with Crippen molar-refractivity contribution in [3.63, 3.8) is 0 Å². The summed E-state index contributed by atoms with van der Waals surface area (Å²) in [5.74, 6) is 0.817. The van der Waals surface area contributed by atoms with E-state index in [2.05, 4.69) is 9.97 Å². The van der Waals surface area contributed by atoms with Crippen LogP contribution in [0.25, 0.3) is 44.3 Å².